The number of hydrogen-bond acceptors (Lipinski definition) is 5. The number of rotatable bonds is 5. The Morgan fingerprint density at radius 1 is 1.18 bits per heavy atom. The molecule has 6 nitrogen and oxygen atoms in total. The van der Waals surface area contributed by atoms with Crippen LogP contribution >= 0.6 is 11.3 Å². The maximum atomic E-state index is 11.9. The molecule has 0 aliphatic heterocycles. The lowest BCUT2D eigenvalue weighted by atomic mass is 10.1. The lowest BCUT2D eigenvalue weighted by molar-refractivity contribution is 0.0999. The fourth-order valence-electron chi connectivity index (χ4n) is 3.28. The zero-order chi connectivity index (χ0) is 19.8. The second-order valence-electron chi connectivity index (χ2n) is 6.83. The summed E-state index contributed by atoms with van der Waals surface area (Å²) in [5.41, 5.74) is 11.6. The van der Waals surface area contributed by atoms with Gasteiger partial charge in [-0.1, -0.05) is 35.0 Å². The largest absolute Gasteiger partial charge is 0.366 e. The van der Waals surface area contributed by atoms with Crippen molar-refractivity contribution < 1.29 is 9.32 Å². The normalized spacial score (nSPS) is 11.1. The first-order valence-corrected chi connectivity index (χ1v) is 9.75. The summed E-state index contributed by atoms with van der Waals surface area (Å²) in [6, 6.07) is 12.0. The van der Waals surface area contributed by atoms with Crippen LogP contribution < -0.4 is 5.73 Å². The van der Waals surface area contributed by atoms with Crippen molar-refractivity contribution in [2.24, 2.45) is 5.73 Å². The molecule has 2 N–H and O–H groups in total. The van der Waals surface area contributed by atoms with Crippen LogP contribution in [0.4, 0.5) is 0 Å². The Kier molecular flexibility index (Phi) is 4.60. The summed E-state index contributed by atoms with van der Waals surface area (Å²) >= 11 is 1.49. The molecule has 1 aromatic carbocycles. The molecule has 0 atom stereocenters. The first kappa shape index (κ1) is 18.2. The standard InChI is InChI=1S/C21H20N4O2S/c1-12-5-4-6-15(7-12)10-25-14(3)16(20(22)26)9-19(25)18-11-28-21(23-18)17-8-13(2)27-24-17/h4-9,11H,10H2,1-3H3,(H2,22,26). The van der Waals surface area contributed by atoms with Gasteiger partial charge >= 0.3 is 0 Å². The van der Waals surface area contributed by atoms with E-state index in [2.05, 4.69) is 34.8 Å². The number of aromatic nitrogens is 3. The van der Waals surface area contributed by atoms with Crippen LogP contribution in [0.1, 0.15) is 32.9 Å². The van der Waals surface area contributed by atoms with E-state index >= 15 is 0 Å². The fourth-order valence-corrected chi connectivity index (χ4v) is 4.04. The predicted molar refractivity (Wildman–Crippen MR) is 109 cm³/mol. The molecule has 0 aliphatic carbocycles. The molecule has 0 aliphatic rings. The Hall–Kier alpha value is -3.19. The molecule has 0 fully saturated rings. The van der Waals surface area contributed by atoms with Gasteiger partial charge in [-0.05, 0) is 32.4 Å². The van der Waals surface area contributed by atoms with Crippen molar-refractivity contribution in [3.8, 4) is 22.1 Å². The number of primary amides is 1. The van der Waals surface area contributed by atoms with Gasteiger partial charge in [0.15, 0.2) is 0 Å². The average molecular weight is 392 g/mol. The lowest BCUT2D eigenvalue weighted by Gasteiger charge is -2.11. The molecule has 0 radical (unpaired) electrons. The van der Waals surface area contributed by atoms with Crippen molar-refractivity contribution >= 4 is 17.2 Å². The van der Waals surface area contributed by atoms with Gasteiger partial charge in [0, 0.05) is 23.7 Å². The van der Waals surface area contributed by atoms with Gasteiger partial charge < -0.3 is 14.8 Å². The molecular weight excluding hydrogens is 372 g/mol. The number of nitrogens with two attached hydrogens (primary N) is 1. The van der Waals surface area contributed by atoms with Crippen molar-refractivity contribution in [1.82, 2.24) is 14.7 Å². The molecule has 28 heavy (non-hydrogen) atoms. The predicted octanol–water partition coefficient (Wildman–Crippen LogP) is 4.34. The van der Waals surface area contributed by atoms with Gasteiger partial charge in [0.2, 0.25) is 0 Å². The van der Waals surface area contributed by atoms with Gasteiger partial charge in [-0.15, -0.1) is 11.3 Å². The number of aryl methyl sites for hydroxylation is 2. The van der Waals surface area contributed by atoms with Crippen LogP contribution in [0.25, 0.3) is 22.1 Å². The number of amides is 1. The summed E-state index contributed by atoms with van der Waals surface area (Å²) in [7, 11) is 0. The highest BCUT2D eigenvalue weighted by molar-refractivity contribution is 7.13. The van der Waals surface area contributed by atoms with Crippen LogP contribution in [0.3, 0.4) is 0 Å². The summed E-state index contributed by atoms with van der Waals surface area (Å²) < 4.78 is 7.24. The Balaban J connectivity index is 1.79. The highest BCUT2D eigenvalue weighted by Crippen LogP contribution is 2.31. The number of carbonyl (C=O) groups excluding carboxylic acids is 1. The van der Waals surface area contributed by atoms with E-state index in [1.54, 1.807) is 0 Å². The van der Waals surface area contributed by atoms with E-state index < -0.39 is 5.91 Å². The number of carbonyl (C=O) groups is 1. The quantitative estimate of drug-likeness (QED) is 0.547. The summed E-state index contributed by atoms with van der Waals surface area (Å²) in [4.78, 5) is 16.6. The molecule has 0 bridgehead atoms. The van der Waals surface area contributed by atoms with Crippen LogP contribution in [0.15, 0.2) is 46.3 Å². The van der Waals surface area contributed by atoms with E-state index in [1.165, 1.54) is 16.9 Å². The second kappa shape index (κ2) is 7.09. The molecule has 1 amide bonds. The minimum absolute atomic E-state index is 0.440. The molecule has 0 spiro atoms. The third-order valence-corrected chi connectivity index (χ3v) is 5.53. The SMILES string of the molecule is Cc1cccc(Cn2c(-c3csc(-c4cc(C)on4)n3)cc(C(N)=O)c2C)c1. The van der Waals surface area contributed by atoms with E-state index in [0.29, 0.717) is 17.8 Å². The fraction of sp³-hybridized carbons (Fsp3) is 0.190. The monoisotopic (exact) mass is 392 g/mol. The molecule has 0 saturated heterocycles. The zero-order valence-corrected chi connectivity index (χ0v) is 16.7. The minimum Gasteiger partial charge on any atom is -0.366 e. The molecular formula is C21H20N4O2S. The molecule has 3 aromatic heterocycles. The number of hydrogen-bond donors (Lipinski definition) is 1. The van der Waals surface area contributed by atoms with Gasteiger partial charge in [-0.2, -0.15) is 0 Å². The highest BCUT2D eigenvalue weighted by atomic mass is 32.1. The maximum Gasteiger partial charge on any atom is 0.250 e. The molecule has 142 valence electrons. The van der Waals surface area contributed by atoms with Gasteiger partial charge in [0.25, 0.3) is 5.91 Å². The zero-order valence-electron chi connectivity index (χ0n) is 15.9. The van der Waals surface area contributed by atoms with Crippen molar-refractivity contribution in [1.29, 1.82) is 0 Å². The van der Waals surface area contributed by atoms with Crippen LogP contribution in [-0.4, -0.2) is 20.6 Å². The van der Waals surface area contributed by atoms with Crippen molar-refractivity contribution in [2.45, 2.75) is 27.3 Å². The second-order valence-corrected chi connectivity index (χ2v) is 7.69. The summed E-state index contributed by atoms with van der Waals surface area (Å²) in [6.07, 6.45) is 0. The number of benzene rings is 1. The molecule has 0 saturated carbocycles. The first-order valence-electron chi connectivity index (χ1n) is 8.87. The van der Waals surface area contributed by atoms with Crippen molar-refractivity contribution in [3.05, 3.63) is 69.9 Å². The number of thiazole rings is 1. The molecule has 3 heterocycles. The van der Waals surface area contributed by atoms with E-state index in [1.807, 2.05) is 37.4 Å². The summed E-state index contributed by atoms with van der Waals surface area (Å²) in [5.74, 6) is 0.297. The topological polar surface area (TPSA) is 86.9 Å². The minimum atomic E-state index is -0.440. The van der Waals surface area contributed by atoms with Crippen molar-refractivity contribution in [3.63, 3.8) is 0 Å². The van der Waals surface area contributed by atoms with Crippen LogP contribution in [0.2, 0.25) is 0 Å². The smallest absolute Gasteiger partial charge is 0.250 e. The van der Waals surface area contributed by atoms with Gasteiger partial charge in [-0.3, -0.25) is 4.79 Å². The maximum absolute atomic E-state index is 11.9. The summed E-state index contributed by atoms with van der Waals surface area (Å²) in [5, 5.41) is 6.77. The average Bonchev–Trinajstić information content (AvgIpc) is 3.35. The highest BCUT2D eigenvalue weighted by Gasteiger charge is 2.20. The Labute approximate surface area is 166 Å². The molecule has 7 heteroatoms. The van der Waals surface area contributed by atoms with E-state index in [4.69, 9.17) is 15.2 Å². The Morgan fingerprint density at radius 3 is 2.68 bits per heavy atom. The summed E-state index contributed by atoms with van der Waals surface area (Å²) in [6.45, 7) is 6.45. The molecule has 4 aromatic rings. The number of nitrogens with zero attached hydrogens (tertiary/aromatic N) is 3. The molecule has 4 rings (SSSR count). The van der Waals surface area contributed by atoms with E-state index in [-0.39, 0.29) is 0 Å². The van der Waals surface area contributed by atoms with Gasteiger partial charge in [0.1, 0.15) is 16.5 Å². The van der Waals surface area contributed by atoms with Crippen molar-refractivity contribution in [2.75, 3.05) is 0 Å². The third kappa shape index (κ3) is 3.36. The third-order valence-electron chi connectivity index (χ3n) is 4.67. The Morgan fingerprint density at radius 2 is 2.00 bits per heavy atom. The van der Waals surface area contributed by atoms with Crippen LogP contribution in [0, 0.1) is 20.8 Å². The van der Waals surface area contributed by atoms with E-state index in [0.717, 1.165) is 33.4 Å². The van der Waals surface area contributed by atoms with Gasteiger partial charge in [0.05, 0.1) is 17.0 Å². The molecule has 0 unspecified atom stereocenters. The van der Waals surface area contributed by atoms with E-state index in [9.17, 15) is 4.79 Å². The van der Waals surface area contributed by atoms with Crippen LogP contribution in [0.5, 0.6) is 0 Å². The van der Waals surface area contributed by atoms with Gasteiger partial charge in [-0.25, -0.2) is 4.98 Å². The first-order chi connectivity index (χ1) is 13.4. The lowest BCUT2D eigenvalue weighted by Crippen LogP contribution is -2.12. The Bertz CT molecular complexity index is 1170. The van der Waals surface area contributed by atoms with Crippen LogP contribution in [-0.2, 0) is 6.54 Å².